The quantitative estimate of drug-likeness (QED) is 0.646. The Morgan fingerprint density at radius 3 is 1.67 bits per heavy atom. The van der Waals surface area contributed by atoms with Crippen molar-refractivity contribution in [3.05, 3.63) is 0 Å². The summed E-state index contributed by atoms with van der Waals surface area (Å²) >= 11 is 0. The fourth-order valence-electron chi connectivity index (χ4n) is 0.978. The Labute approximate surface area is 90.4 Å². The van der Waals surface area contributed by atoms with Gasteiger partial charge in [-0.3, -0.25) is 9.98 Å². The van der Waals surface area contributed by atoms with E-state index in [2.05, 4.69) is 34.3 Å². The molecule has 0 saturated carbocycles. The normalized spacial score (nSPS) is 18.8. The van der Waals surface area contributed by atoms with Gasteiger partial charge in [0.15, 0.2) is 0 Å². The standard InChI is InChI=1S/C6H10N6.C3H8/c1-3-11(5-7-1)9-10-12-4-2-8-6-12;1-3-2/h5-6H,1-4H2;3H2,1-2H3/b10-9+;. The first-order valence-corrected chi connectivity index (χ1v) is 5.31. The first kappa shape index (κ1) is 11.6. The Hall–Kier alpha value is -1.46. The van der Waals surface area contributed by atoms with E-state index in [1.54, 1.807) is 22.7 Å². The van der Waals surface area contributed by atoms with E-state index >= 15 is 0 Å². The Morgan fingerprint density at radius 2 is 1.40 bits per heavy atom. The molecule has 0 spiro atoms. The largest absolute Gasteiger partial charge is 0.272 e. The molecule has 0 aromatic heterocycles. The Morgan fingerprint density at radius 1 is 1.00 bits per heavy atom. The van der Waals surface area contributed by atoms with Crippen LogP contribution in [0.2, 0.25) is 0 Å². The minimum absolute atomic E-state index is 0.813. The van der Waals surface area contributed by atoms with Crippen molar-refractivity contribution in [2.75, 3.05) is 26.2 Å². The molecule has 15 heavy (non-hydrogen) atoms. The van der Waals surface area contributed by atoms with Crippen LogP contribution in [0, 0.1) is 0 Å². The van der Waals surface area contributed by atoms with Crippen molar-refractivity contribution in [3.8, 4) is 0 Å². The SMILES string of the molecule is C1=NCCN1/N=N/N1C=NCC1.CCC. The highest BCUT2D eigenvalue weighted by molar-refractivity contribution is 5.57. The molecule has 2 rings (SSSR count). The maximum Gasteiger partial charge on any atom is 0.108 e. The molecule has 0 amide bonds. The van der Waals surface area contributed by atoms with Gasteiger partial charge in [-0.25, -0.2) is 10.0 Å². The molecule has 0 aromatic carbocycles. The Bertz CT molecular complexity index is 223. The molecule has 6 nitrogen and oxygen atoms in total. The summed E-state index contributed by atoms with van der Waals surface area (Å²) in [7, 11) is 0. The van der Waals surface area contributed by atoms with E-state index in [1.807, 2.05) is 0 Å². The predicted molar refractivity (Wildman–Crippen MR) is 61.0 cm³/mol. The topological polar surface area (TPSA) is 55.9 Å². The van der Waals surface area contributed by atoms with Gasteiger partial charge in [-0.15, -0.1) is 0 Å². The molecule has 0 unspecified atom stereocenters. The Balaban J connectivity index is 0.000000337. The van der Waals surface area contributed by atoms with Crippen molar-refractivity contribution >= 4 is 12.7 Å². The minimum atomic E-state index is 0.813. The van der Waals surface area contributed by atoms with Crippen LogP contribution < -0.4 is 0 Å². The highest BCUT2D eigenvalue weighted by atomic mass is 15.7. The van der Waals surface area contributed by atoms with E-state index in [0.29, 0.717) is 0 Å². The molecule has 0 N–H and O–H groups in total. The molecule has 2 heterocycles. The van der Waals surface area contributed by atoms with Crippen LogP contribution in [0.4, 0.5) is 0 Å². The zero-order valence-corrected chi connectivity index (χ0v) is 9.37. The molecule has 0 aromatic rings. The first-order chi connectivity index (χ1) is 7.36. The summed E-state index contributed by atoms with van der Waals surface area (Å²) in [4.78, 5) is 8.01. The maximum atomic E-state index is 4.01. The maximum absolute atomic E-state index is 4.01. The van der Waals surface area contributed by atoms with Crippen molar-refractivity contribution in [1.29, 1.82) is 0 Å². The van der Waals surface area contributed by atoms with Crippen molar-refractivity contribution in [2.24, 2.45) is 20.4 Å². The van der Waals surface area contributed by atoms with Crippen LogP contribution in [-0.4, -0.2) is 48.9 Å². The summed E-state index contributed by atoms with van der Waals surface area (Å²) < 4.78 is 0. The number of hydrogen-bond donors (Lipinski definition) is 0. The molecular formula is C9H18N6. The van der Waals surface area contributed by atoms with Gasteiger partial charge in [-0.05, 0) is 10.4 Å². The van der Waals surface area contributed by atoms with E-state index in [1.165, 1.54) is 6.42 Å². The lowest BCUT2D eigenvalue weighted by Gasteiger charge is -2.06. The van der Waals surface area contributed by atoms with Gasteiger partial charge in [0.05, 0.1) is 26.2 Å². The summed E-state index contributed by atoms with van der Waals surface area (Å²) in [5.41, 5.74) is 0. The number of rotatable bonds is 2. The molecule has 2 aliphatic heterocycles. The van der Waals surface area contributed by atoms with E-state index in [0.717, 1.165) is 26.2 Å². The van der Waals surface area contributed by atoms with Crippen LogP contribution >= 0.6 is 0 Å². The second-order valence-electron chi connectivity index (χ2n) is 3.26. The summed E-state index contributed by atoms with van der Waals surface area (Å²) in [6, 6.07) is 0. The monoisotopic (exact) mass is 210 g/mol. The lowest BCUT2D eigenvalue weighted by molar-refractivity contribution is 0.372. The van der Waals surface area contributed by atoms with Crippen molar-refractivity contribution in [2.45, 2.75) is 20.3 Å². The molecular weight excluding hydrogens is 192 g/mol. The molecule has 6 heteroatoms. The molecule has 0 atom stereocenters. The minimum Gasteiger partial charge on any atom is -0.272 e. The van der Waals surface area contributed by atoms with E-state index in [-0.39, 0.29) is 0 Å². The number of aliphatic imine (C=N–C) groups is 2. The molecule has 0 saturated heterocycles. The van der Waals surface area contributed by atoms with E-state index in [4.69, 9.17) is 0 Å². The molecule has 0 radical (unpaired) electrons. The van der Waals surface area contributed by atoms with Crippen molar-refractivity contribution < 1.29 is 0 Å². The van der Waals surface area contributed by atoms with Gasteiger partial charge in [0.2, 0.25) is 0 Å². The molecule has 2 aliphatic rings. The lowest BCUT2D eigenvalue weighted by Crippen LogP contribution is -2.16. The number of nitrogens with zero attached hydrogens (tertiary/aromatic N) is 6. The van der Waals surface area contributed by atoms with Gasteiger partial charge < -0.3 is 0 Å². The molecule has 84 valence electrons. The highest BCUT2D eigenvalue weighted by Crippen LogP contribution is 1.98. The average Bonchev–Trinajstić information content (AvgIpc) is 2.90. The summed E-state index contributed by atoms with van der Waals surface area (Å²) in [6.07, 6.45) is 4.63. The average molecular weight is 210 g/mol. The highest BCUT2D eigenvalue weighted by Gasteiger charge is 2.05. The zero-order chi connectivity index (χ0) is 10.9. The van der Waals surface area contributed by atoms with Crippen LogP contribution in [-0.2, 0) is 0 Å². The lowest BCUT2D eigenvalue weighted by atomic mass is 10.6. The van der Waals surface area contributed by atoms with Crippen molar-refractivity contribution in [3.63, 3.8) is 0 Å². The Kier molecular flexibility index (Phi) is 5.35. The zero-order valence-electron chi connectivity index (χ0n) is 9.37. The van der Waals surface area contributed by atoms with Crippen LogP contribution in [0.3, 0.4) is 0 Å². The smallest absolute Gasteiger partial charge is 0.108 e. The van der Waals surface area contributed by atoms with Crippen LogP contribution in [0.15, 0.2) is 20.4 Å². The first-order valence-electron chi connectivity index (χ1n) is 5.31. The van der Waals surface area contributed by atoms with Crippen LogP contribution in [0.25, 0.3) is 0 Å². The van der Waals surface area contributed by atoms with Crippen molar-refractivity contribution in [1.82, 2.24) is 10.0 Å². The summed E-state index contributed by atoms with van der Waals surface area (Å²) in [6.45, 7) is 7.53. The van der Waals surface area contributed by atoms with Gasteiger partial charge in [0.1, 0.15) is 12.7 Å². The van der Waals surface area contributed by atoms with E-state index in [9.17, 15) is 0 Å². The third kappa shape index (κ3) is 4.53. The van der Waals surface area contributed by atoms with Crippen LogP contribution in [0.5, 0.6) is 0 Å². The summed E-state index contributed by atoms with van der Waals surface area (Å²) in [5.74, 6) is 0. The summed E-state index contributed by atoms with van der Waals surface area (Å²) in [5, 5.41) is 11.3. The van der Waals surface area contributed by atoms with Gasteiger partial charge in [-0.2, -0.15) is 0 Å². The van der Waals surface area contributed by atoms with Gasteiger partial charge >= 0.3 is 0 Å². The molecule has 0 bridgehead atoms. The predicted octanol–water partition coefficient (Wildman–Crippen LogP) is 1.37. The van der Waals surface area contributed by atoms with Gasteiger partial charge in [-0.1, -0.05) is 20.3 Å². The second-order valence-corrected chi connectivity index (χ2v) is 3.26. The van der Waals surface area contributed by atoms with Gasteiger partial charge in [0, 0.05) is 0 Å². The third-order valence-corrected chi connectivity index (χ3v) is 1.62. The molecule has 0 aliphatic carbocycles. The van der Waals surface area contributed by atoms with Crippen LogP contribution in [0.1, 0.15) is 20.3 Å². The van der Waals surface area contributed by atoms with Gasteiger partial charge in [0.25, 0.3) is 0 Å². The fourth-order valence-corrected chi connectivity index (χ4v) is 0.978. The van der Waals surface area contributed by atoms with E-state index < -0.39 is 0 Å². The third-order valence-electron chi connectivity index (χ3n) is 1.62. The fraction of sp³-hybridized carbons (Fsp3) is 0.778. The molecule has 0 fully saturated rings. The second kappa shape index (κ2) is 6.92. The number of hydrogen-bond acceptors (Lipinski definition) is 4.